The van der Waals surface area contributed by atoms with Gasteiger partial charge in [-0.25, -0.2) is 9.18 Å². The van der Waals surface area contributed by atoms with Crippen molar-refractivity contribution in [1.82, 2.24) is 0 Å². The lowest BCUT2D eigenvalue weighted by molar-refractivity contribution is -0.139. The Balaban J connectivity index is 2.37. The first-order valence-corrected chi connectivity index (χ1v) is 7.49. The van der Waals surface area contributed by atoms with Crippen molar-refractivity contribution in [2.75, 3.05) is 13.7 Å². The van der Waals surface area contributed by atoms with Gasteiger partial charge in [0.05, 0.1) is 12.8 Å². The first kappa shape index (κ1) is 18.2. The second-order valence-corrected chi connectivity index (χ2v) is 5.12. The number of ether oxygens (including phenoxy) is 2. The van der Waals surface area contributed by atoms with Crippen molar-refractivity contribution in [2.24, 2.45) is 4.99 Å². The number of benzene rings is 2. The molecule has 130 valence electrons. The van der Waals surface area contributed by atoms with Gasteiger partial charge in [0.1, 0.15) is 5.82 Å². The molecule has 0 aliphatic rings. The molecule has 2 aromatic carbocycles. The summed E-state index contributed by atoms with van der Waals surface area (Å²) in [6.07, 6.45) is 3.72. The standard InChI is InChI=1S/C19H18FNO4/c1-3-5-14-8-13(11-21-16-7-4-6-15(20)10-16)9-17(24-2)19(14)25-12-18(22)23/h3-4,6-11H,1,5,12H2,2H3,(H,22,23). The molecule has 0 saturated heterocycles. The zero-order valence-corrected chi connectivity index (χ0v) is 13.7. The molecule has 0 aliphatic heterocycles. The summed E-state index contributed by atoms with van der Waals surface area (Å²) < 4.78 is 23.9. The maximum atomic E-state index is 13.2. The molecule has 0 atom stereocenters. The summed E-state index contributed by atoms with van der Waals surface area (Å²) in [5, 5.41) is 8.81. The highest BCUT2D eigenvalue weighted by Gasteiger charge is 2.13. The molecule has 5 nitrogen and oxygen atoms in total. The van der Waals surface area contributed by atoms with Crippen LogP contribution in [0.1, 0.15) is 11.1 Å². The molecule has 0 aromatic heterocycles. The molecule has 6 heteroatoms. The molecule has 0 bridgehead atoms. The maximum Gasteiger partial charge on any atom is 0.341 e. The number of carboxylic acids is 1. The molecule has 2 rings (SSSR count). The minimum Gasteiger partial charge on any atom is -0.493 e. The highest BCUT2D eigenvalue weighted by molar-refractivity contribution is 5.84. The van der Waals surface area contributed by atoms with Crippen molar-refractivity contribution in [3.8, 4) is 11.5 Å². The molecule has 1 N–H and O–H groups in total. The number of aliphatic imine (C=N–C) groups is 1. The Hall–Kier alpha value is -3.15. The number of allylic oxidation sites excluding steroid dienone is 1. The molecule has 0 unspecified atom stereocenters. The number of carbonyl (C=O) groups is 1. The third-order valence-corrected chi connectivity index (χ3v) is 3.25. The number of methoxy groups -OCH3 is 1. The molecule has 0 radical (unpaired) electrons. The van der Waals surface area contributed by atoms with E-state index in [1.165, 1.54) is 19.2 Å². The molecule has 25 heavy (non-hydrogen) atoms. The van der Waals surface area contributed by atoms with Crippen molar-refractivity contribution in [3.05, 3.63) is 66.0 Å². The average molecular weight is 343 g/mol. The van der Waals surface area contributed by atoms with Crippen LogP contribution in [0.25, 0.3) is 0 Å². The summed E-state index contributed by atoms with van der Waals surface area (Å²) in [5.41, 5.74) is 1.91. The van der Waals surface area contributed by atoms with Gasteiger partial charge in [0.2, 0.25) is 0 Å². The second-order valence-electron chi connectivity index (χ2n) is 5.12. The number of carboxylic acid groups (broad SMARTS) is 1. The van der Waals surface area contributed by atoms with E-state index in [1.54, 1.807) is 36.6 Å². The zero-order valence-electron chi connectivity index (χ0n) is 13.7. The molecule has 2 aromatic rings. The maximum absolute atomic E-state index is 13.2. The van der Waals surface area contributed by atoms with Gasteiger partial charge in [-0.2, -0.15) is 0 Å². The summed E-state index contributed by atoms with van der Waals surface area (Å²) in [7, 11) is 1.47. The van der Waals surface area contributed by atoms with Gasteiger partial charge >= 0.3 is 5.97 Å². The molecule has 0 saturated carbocycles. The Morgan fingerprint density at radius 1 is 1.36 bits per heavy atom. The minimum atomic E-state index is -1.08. The van der Waals surface area contributed by atoms with Gasteiger partial charge < -0.3 is 14.6 Å². The molecular weight excluding hydrogens is 325 g/mol. The number of hydrogen-bond donors (Lipinski definition) is 1. The van der Waals surface area contributed by atoms with Crippen molar-refractivity contribution < 1.29 is 23.8 Å². The van der Waals surface area contributed by atoms with Crippen molar-refractivity contribution >= 4 is 17.9 Å². The quantitative estimate of drug-likeness (QED) is 0.585. The fourth-order valence-corrected chi connectivity index (χ4v) is 2.22. The largest absolute Gasteiger partial charge is 0.493 e. The van der Waals surface area contributed by atoms with E-state index in [4.69, 9.17) is 14.6 Å². The zero-order chi connectivity index (χ0) is 18.2. The fraction of sp³-hybridized carbons (Fsp3) is 0.158. The van der Waals surface area contributed by atoms with Crippen LogP contribution in [0.5, 0.6) is 11.5 Å². The van der Waals surface area contributed by atoms with Crippen LogP contribution in [0, 0.1) is 5.82 Å². The molecule has 0 spiro atoms. The molecule has 0 heterocycles. The highest BCUT2D eigenvalue weighted by atomic mass is 19.1. The van der Waals surface area contributed by atoms with Gasteiger partial charge in [-0.3, -0.25) is 4.99 Å². The lowest BCUT2D eigenvalue weighted by Gasteiger charge is -2.14. The number of hydrogen-bond acceptors (Lipinski definition) is 4. The van der Waals surface area contributed by atoms with Gasteiger partial charge in [-0.1, -0.05) is 12.1 Å². The van der Waals surface area contributed by atoms with Gasteiger partial charge in [0.25, 0.3) is 0 Å². The average Bonchev–Trinajstić information content (AvgIpc) is 2.58. The van der Waals surface area contributed by atoms with Gasteiger partial charge in [-0.15, -0.1) is 6.58 Å². The summed E-state index contributed by atoms with van der Waals surface area (Å²) in [5.74, 6) is -0.700. The fourth-order valence-electron chi connectivity index (χ4n) is 2.22. The van der Waals surface area contributed by atoms with E-state index in [9.17, 15) is 9.18 Å². The van der Waals surface area contributed by atoms with E-state index in [1.807, 2.05) is 0 Å². The summed E-state index contributed by atoms with van der Waals surface area (Å²) in [4.78, 5) is 15.0. The van der Waals surface area contributed by atoms with Crippen LogP contribution >= 0.6 is 0 Å². The predicted molar refractivity (Wildman–Crippen MR) is 93.7 cm³/mol. The van der Waals surface area contributed by atoms with Crippen molar-refractivity contribution in [1.29, 1.82) is 0 Å². The van der Waals surface area contributed by atoms with E-state index in [0.717, 1.165) is 5.56 Å². The minimum absolute atomic E-state index is 0.354. The van der Waals surface area contributed by atoms with Crippen LogP contribution < -0.4 is 9.47 Å². The van der Waals surface area contributed by atoms with Crippen LogP contribution in [-0.2, 0) is 11.2 Å². The number of halogens is 1. The van der Waals surface area contributed by atoms with E-state index in [-0.39, 0.29) is 5.82 Å². The van der Waals surface area contributed by atoms with E-state index >= 15 is 0 Å². The Bertz CT molecular complexity index is 802. The number of nitrogens with zero attached hydrogens (tertiary/aromatic N) is 1. The van der Waals surface area contributed by atoms with Gasteiger partial charge in [-0.05, 0) is 42.3 Å². The van der Waals surface area contributed by atoms with Crippen LogP contribution in [0.3, 0.4) is 0 Å². The number of rotatable bonds is 8. The summed E-state index contributed by atoms with van der Waals surface area (Å²) in [6, 6.07) is 9.40. The monoisotopic (exact) mass is 343 g/mol. The van der Waals surface area contributed by atoms with Gasteiger partial charge in [0.15, 0.2) is 18.1 Å². The van der Waals surface area contributed by atoms with Crippen LogP contribution in [-0.4, -0.2) is 31.0 Å². The second kappa shape index (κ2) is 8.63. The molecule has 0 amide bonds. The molecule has 0 aliphatic carbocycles. The first-order valence-electron chi connectivity index (χ1n) is 7.49. The van der Waals surface area contributed by atoms with Crippen molar-refractivity contribution in [3.63, 3.8) is 0 Å². The Kier molecular flexibility index (Phi) is 6.28. The normalized spacial score (nSPS) is 10.6. The third kappa shape index (κ3) is 5.17. The van der Waals surface area contributed by atoms with E-state index in [2.05, 4.69) is 11.6 Å². The first-order chi connectivity index (χ1) is 12.0. The van der Waals surface area contributed by atoms with Crippen LogP contribution in [0.4, 0.5) is 10.1 Å². The SMILES string of the molecule is C=CCc1cc(C=Nc2cccc(F)c2)cc(OC)c1OCC(=O)O. The van der Waals surface area contributed by atoms with E-state index < -0.39 is 12.6 Å². The Morgan fingerprint density at radius 2 is 2.16 bits per heavy atom. The smallest absolute Gasteiger partial charge is 0.341 e. The van der Waals surface area contributed by atoms with E-state index in [0.29, 0.717) is 29.2 Å². The van der Waals surface area contributed by atoms with Crippen molar-refractivity contribution in [2.45, 2.75) is 6.42 Å². The lowest BCUT2D eigenvalue weighted by atomic mass is 10.1. The summed E-state index contributed by atoms with van der Waals surface area (Å²) in [6.45, 7) is 3.22. The van der Waals surface area contributed by atoms with Gasteiger partial charge in [0, 0.05) is 11.8 Å². The Morgan fingerprint density at radius 3 is 2.80 bits per heavy atom. The summed E-state index contributed by atoms with van der Waals surface area (Å²) >= 11 is 0. The lowest BCUT2D eigenvalue weighted by Crippen LogP contribution is -2.11. The third-order valence-electron chi connectivity index (χ3n) is 3.25. The highest BCUT2D eigenvalue weighted by Crippen LogP contribution is 2.33. The Labute approximate surface area is 145 Å². The topological polar surface area (TPSA) is 68.1 Å². The molecule has 0 fully saturated rings. The predicted octanol–water partition coefficient (Wildman–Crippen LogP) is 3.78. The van der Waals surface area contributed by atoms with Crippen LogP contribution in [0.2, 0.25) is 0 Å². The van der Waals surface area contributed by atoms with Crippen LogP contribution in [0.15, 0.2) is 54.0 Å². The number of aliphatic carboxylic acids is 1. The molecular formula is C19H18FNO4.